The van der Waals surface area contributed by atoms with Gasteiger partial charge in [0, 0.05) is 26.8 Å². The van der Waals surface area contributed by atoms with E-state index in [4.69, 9.17) is 13.9 Å². The Hall–Kier alpha value is -2.63. The van der Waals surface area contributed by atoms with E-state index in [0.29, 0.717) is 11.0 Å². The van der Waals surface area contributed by atoms with Gasteiger partial charge in [-0.3, -0.25) is 14.4 Å². The Labute approximate surface area is 114 Å². The lowest BCUT2D eigenvalue weighted by Crippen LogP contribution is -2.04. The lowest BCUT2D eigenvalue weighted by molar-refractivity contribution is -0.132. The Balaban J connectivity index is 2.58. The molecule has 2 aromatic rings. The number of fused-ring (bicyclic) bond motifs is 1. The fourth-order valence-corrected chi connectivity index (χ4v) is 1.76. The molecule has 6 heteroatoms. The van der Waals surface area contributed by atoms with Gasteiger partial charge in [-0.05, 0) is 12.1 Å². The first kappa shape index (κ1) is 13.8. The van der Waals surface area contributed by atoms with E-state index in [-0.39, 0.29) is 23.0 Å². The number of hydrogen-bond acceptors (Lipinski definition) is 6. The average Bonchev–Trinajstić information content (AvgIpc) is 2.66. The van der Waals surface area contributed by atoms with Gasteiger partial charge >= 0.3 is 11.9 Å². The van der Waals surface area contributed by atoms with E-state index in [1.807, 2.05) is 0 Å². The molecule has 0 saturated carbocycles. The van der Waals surface area contributed by atoms with Gasteiger partial charge in [-0.15, -0.1) is 0 Å². The van der Waals surface area contributed by atoms with Gasteiger partial charge in [0.15, 0.2) is 11.5 Å². The molecule has 0 unspecified atom stereocenters. The minimum absolute atomic E-state index is 0.0461. The Morgan fingerprint density at radius 1 is 1.00 bits per heavy atom. The number of carbonyl (C=O) groups excluding carboxylic acids is 3. The highest BCUT2D eigenvalue weighted by Gasteiger charge is 2.21. The Kier molecular flexibility index (Phi) is 3.56. The molecule has 6 nitrogen and oxygen atoms in total. The van der Waals surface area contributed by atoms with E-state index in [2.05, 4.69) is 0 Å². The predicted octanol–water partition coefficient (Wildman–Crippen LogP) is 2.49. The normalized spacial score (nSPS) is 10.3. The van der Waals surface area contributed by atoms with Crippen molar-refractivity contribution in [1.29, 1.82) is 0 Å². The fraction of sp³-hybridized carbons (Fsp3) is 0.214. The molecule has 0 aliphatic heterocycles. The summed E-state index contributed by atoms with van der Waals surface area (Å²) in [6, 6.07) is 4.54. The Bertz CT molecular complexity index is 710. The SMILES string of the molecule is CC(=O)Oc1ccc2c(OC(C)=O)c(C(C)=O)oc2c1. The van der Waals surface area contributed by atoms with Crippen molar-refractivity contribution in [2.24, 2.45) is 0 Å². The van der Waals surface area contributed by atoms with Crippen LogP contribution >= 0.6 is 0 Å². The summed E-state index contributed by atoms with van der Waals surface area (Å²) >= 11 is 0. The van der Waals surface area contributed by atoms with Crippen molar-refractivity contribution in [3.05, 3.63) is 24.0 Å². The van der Waals surface area contributed by atoms with Gasteiger partial charge in [-0.25, -0.2) is 0 Å². The molecule has 0 aliphatic carbocycles. The van der Waals surface area contributed by atoms with Crippen LogP contribution in [-0.4, -0.2) is 17.7 Å². The first-order chi connectivity index (χ1) is 9.38. The maximum Gasteiger partial charge on any atom is 0.308 e. The summed E-state index contributed by atoms with van der Waals surface area (Å²) in [6.07, 6.45) is 0. The molecular formula is C14H12O6. The molecule has 0 amide bonds. The number of ether oxygens (including phenoxy) is 2. The summed E-state index contributed by atoms with van der Waals surface area (Å²) in [6.45, 7) is 3.81. The number of esters is 2. The maximum absolute atomic E-state index is 11.5. The van der Waals surface area contributed by atoms with Gasteiger partial charge in [0.2, 0.25) is 5.76 Å². The molecule has 1 aromatic heterocycles. The van der Waals surface area contributed by atoms with Crippen molar-refractivity contribution in [2.45, 2.75) is 20.8 Å². The zero-order valence-corrected chi connectivity index (χ0v) is 11.2. The van der Waals surface area contributed by atoms with Gasteiger partial charge in [0.1, 0.15) is 11.3 Å². The van der Waals surface area contributed by atoms with Crippen LogP contribution in [0.25, 0.3) is 11.0 Å². The second-order valence-electron chi connectivity index (χ2n) is 4.16. The zero-order valence-electron chi connectivity index (χ0n) is 11.2. The van der Waals surface area contributed by atoms with Gasteiger partial charge in [0.25, 0.3) is 0 Å². The third-order valence-corrected chi connectivity index (χ3v) is 2.44. The van der Waals surface area contributed by atoms with E-state index >= 15 is 0 Å². The molecule has 1 aromatic carbocycles. The molecule has 0 bridgehead atoms. The third-order valence-electron chi connectivity index (χ3n) is 2.44. The Morgan fingerprint density at radius 2 is 1.65 bits per heavy atom. The summed E-state index contributed by atoms with van der Waals surface area (Å²) in [4.78, 5) is 33.5. The lowest BCUT2D eigenvalue weighted by atomic mass is 10.2. The Morgan fingerprint density at radius 3 is 2.20 bits per heavy atom. The molecule has 0 N–H and O–H groups in total. The van der Waals surface area contributed by atoms with Crippen molar-refractivity contribution in [3.63, 3.8) is 0 Å². The van der Waals surface area contributed by atoms with E-state index in [0.717, 1.165) is 0 Å². The number of benzene rings is 1. The van der Waals surface area contributed by atoms with E-state index in [1.54, 1.807) is 6.07 Å². The smallest absolute Gasteiger partial charge is 0.308 e. The number of carbonyl (C=O) groups is 3. The molecule has 0 spiro atoms. The first-order valence-electron chi connectivity index (χ1n) is 5.83. The minimum atomic E-state index is -0.556. The summed E-state index contributed by atoms with van der Waals surface area (Å²) in [5.74, 6) is -1.08. The summed E-state index contributed by atoms with van der Waals surface area (Å²) < 4.78 is 15.3. The highest BCUT2D eigenvalue weighted by Crippen LogP contribution is 2.35. The van der Waals surface area contributed by atoms with Crippen molar-refractivity contribution in [2.75, 3.05) is 0 Å². The highest BCUT2D eigenvalue weighted by molar-refractivity contribution is 6.02. The van der Waals surface area contributed by atoms with Crippen molar-refractivity contribution >= 4 is 28.7 Å². The summed E-state index contributed by atoms with van der Waals surface area (Å²) in [5.41, 5.74) is 0.296. The summed E-state index contributed by atoms with van der Waals surface area (Å²) in [7, 11) is 0. The van der Waals surface area contributed by atoms with Crippen molar-refractivity contribution in [1.82, 2.24) is 0 Å². The number of hydrogen-bond donors (Lipinski definition) is 0. The van der Waals surface area contributed by atoms with Crippen LogP contribution in [0.4, 0.5) is 0 Å². The predicted molar refractivity (Wildman–Crippen MR) is 68.8 cm³/mol. The van der Waals surface area contributed by atoms with Crippen LogP contribution in [-0.2, 0) is 9.59 Å². The topological polar surface area (TPSA) is 82.8 Å². The van der Waals surface area contributed by atoms with E-state index < -0.39 is 11.9 Å². The third kappa shape index (κ3) is 2.69. The maximum atomic E-state index is 11.5. The van der Waals surface area contributed by atoms with E-state index in [9.17, 15) is 14.4 Å². The number of Topliss-reactive ketones (excluding diaryl/α,β-unsaturated/α-hetero) is 1. The highest BCUT2D eigenvalue weighted by atomic mass is 16.5. The minimum Gasteiger partial charge on any atom is -0.449 e. The molecule has 20 heavy (non-hydrogen) atoms. The molecule has 104 valence electrons. The number of furan rings is 1. The molecular weight excluding hydrogens is 264 g/mol. The summed E-state index contributed by atoms with van der Waals surface area (Å²) in [5, 5.41) is 0.460. The largest absolute Gasteiger partial charge is 0.449 e. The zero-order chi connectivity index (χ0) is 14.9. The average molecular weight is 276 g/mol. The standard InChI is InChI=1S/C14H12O6/c1-7(15)13-14(19-9(3)17)11-5-4-10(18-8(2)16)6-12(11)20-13/h4-6H,1-3H3. The molecule has 0 radical (unpaired) electrons. The number of rotatable bonds is 3. The van der Waals surface area contributed by atoms with Crippen LogP contribution in [0.3, 0.4) is 0 Å². The van der Waals surface area contributed by atoms with Gasteiger partial charge in [0.05, 0.1) is 5.39 Å². The second-order valence-corrected chi connectivity index (χ2v) is 4.16. The van der Waals surface area contributed by atoms with Crippen LogP contribution in [0.5, 0.6) is 11.5 Å². The lowest BCUT2D eigenvalue weighted by Gasteiger charge is -2.01. The van der Waals surface area contributed by atoms with Crippen LogP contribution in [0.1, 0.15) is 31.3 Å². The van der Waals surface area contributed by atoms with Crippen molar-refractivity contribution < 1.29 is 28.3 Å². The van der Waals surface area contributed by atoms with Crippen molar-refractivity contribution in [3.8, 4) is 11.5 Å². The molecule has 0 saturated heterocycles. The molecule has 2 rings (SSSR count). The van der Waals surface area contributed by atoms with Gasteiger partial charge in [-0.2, -0.15) is 0 Å². The first-order valence-corrected chi connectivity index (χ1v) is 5.83. The van der Waals surface area contributed by atoms with E-state index in [1.165, 1.54) is 32.9 Å². The van der Waals surface area contributed by atoms with Gasteiger partial charge < -0.3 is 13.9 Å². The monoisotopic (exact) mass is 276 g/mol. The fourth-order valence-electron chi connectivity index (χ4n) is 1.76. The molecule has 0 atom stereocenters. The molecule has 1 heterocycles. The van der Waals surface area contributed by atoms with Crippen LogP contribution in [0.2, 0.25) is 0 Å². The van der Waals surface area contributed by atoms with Gasteiger partial charge in [-0.1, -0.05) is 0 Å². The van der Waals surface area contributed by atoms with Crippen LogP contribution in [0.15, 0.2) is 22.6 Å². The molecule has 0 fully saturated rings. The second kappa shape index (κ2) is 5.16. The quantitative estimate of drug-likeness (QED) is 0.486. The molecule has 0 aliphatic rings. The van der Waals surface area contributed by atoms with Crippen LogP contribution < -0.4 is 9.47 Å². The van der Waals surface area contributed by atoms with Crippen LogP contribution in [0, 0.1) is 0 Å². The number of ketones is 1.